The molecule has 0 aliphatic carbocycles. The van der Waals surface area contributed by atoms with E-state index in [9.17, 15) is 9.59 Å². The van der Waals surface area contributed by atoms with Crippen LogP contribution in [0.15, 0.2) is 53.4 Å². The van der Waals surface area contributed by atoms with Crippen LogP contribution < -0.4 is 5.32 Å². The fraction of sp³-hybridized carbons (Fsp3) is 0.263. The first kappa shape index (κ1) is 20.3. The maximum Gasteiger partial charge on any atom is 0.339 e. The van der Waals surface area contributed by atoms with Crippen LogP contribution in [0.4, 0.5) is 0 Å². The van der Waals surface area contributed by atoms with Crippen molar-refractivity contribution in [2.24, 2.45) is 0 Å². The molecule has 0 saturated heterocycles. The van der Waals surface area contributed by atoms with Crippen molar-refractivity contribution < 1.29 is 19.1 Å². The van der Waals surface area contributed by atoms with Gasteiger partial charge >= 0.3 is 5.97 Å². The van der Waals surface area contributed by atoms with Gasteiger partial charge in [0.25, 0.3) is 0 Å². The second-order valence-electron chi connectivity index (χ2n) is 5.33. The molecule has 2 aromatic rings. The van der Waals surface area contributed by atoms with E-state index in [2.05, 4.69) is 5.32 Å². The highest BCUT2D eigenvalue weighted by Crippen LogP contribution is 2.23. The number of hydrogen-bond acceptors (Lipinski definition) is 5. The average molecular weight is 394 g/mol. The molecule has 1 N–H and O–H groups in total. The molecular formula is C19H20ClNO4S. The number of hydrogen-bond donors (Lipinski definition) is 1. The number of halogens is 1. The van der Waals surface area contributed by atoms with Gasteiger partial charge in [0, 0.05) is 23.6 Å². The van der Waals surface area contributed by atoms with Gasteiger partial charge in [-0.2, -0.15) is 0 Å². The Balaban J connectivity index is 1.91. The standard InChI is InChI=1S/C19H20ClNO4S/c1-24-11-10-21-18(22)13-26-17-5-3-2-4-16(17)19(23)25-12-14-6-8-15(20)9-7-14/h2-9H,10-13H2,1H3,(H,21,22). The summed E-state index contributed by atoms with van der Waals surface area (Å²) >= 11 is 7.14. The zero-order chi connectivity index (χ0) is 18.8. The van der Waals surface area contributed by atoms with E-state index in [1.165, 1.54) is 11.8 Å². The summed E-state index contributed by atoms with van der Waals surface area (Å²) < 4.78 is 10.3. The van der Waals surface area contributed by atoms with E-state index in [0.29, 0.717) is 28.6 Å². The van der Waals surface area contributed by atoms with Crippen LogP contribution in [-0.4, -0.2) is 37.9 Å². The van der Waals surface area contributed by atoms with Gasteiger partial charge in [0.15, 0.2) is 0 Å². The van der Waals surface area contributed by atoms with Crippen molar-refractivity contribution >= 4 is 35.2 Å². The molecule has 0 unspecified atom stereocenters. The molecule has 0 fully saturated rings. The zero-order valence-electron chi connectivity index (χ0n) is 14.4. The average Bonchev–Trinajstić information content (AvgIpc) is 2.66. The second-order valence-corrected chi connectivity index (χ2v) is 6.78. The van der Waals surface area contributed by atoms with Crippen molar-refractivity contribution in [3.05, 3.63) is 64.7 Å². The van der Waals surface area contributed by atoms with Gasteiger partial charge in [-0.1, -0.05) is 35.9 Å². The van der Waals surface area contributed by atoms with E-state index in [1.54, 1.807) is 49.6 Å². The molecule has 5 nitrogen and oxygen atoms in total. The van der Waals surface area contributed by atoms with Crippen molar-refractivity contribution in [2.75, 3.05) is 26.0 Å². The summed E-state index contributed by atoms with van der Waals surface area (Å²) in [6.07, 6.45) is 0. The molecule has 0 aromatic heterocycles. The van der Waals surface area contributed by atoms with Crippen molar-refractivity contribution in [1.29, 1.82) is 0 Å². The van der Waals surface area contributed by atoms with Crippen molar-refractivity contribution in [1.82, 2.24) is 5.32 Å². The van der Waals surface area contributed by atoms with E-state index < -0.39 is 5.97 Å². The number of methoxy groups -OCH3 is 1. The van der Waals surface area contributed by atoms with E-state index in [1.807, 2.05) is 6.07 Å². The first-order valence-electron chi connectivity index (χ1n) is 7.99. The number of benzene rings is 2. The molecule has 0 aliphatic rings. The first-order valence-corrected chi connectivity index (χ1v) is 9.35. The Morgan fingerprint density at radius 1 is 1.12 bits per heavy atom. The fourth-order valence-electron chi connectivity index (χ4n) is 2.06. The monoisotopic (exact) mass is 393 g/mol. The van der Waals surface area contributed by atoms with E-state index in [0.717, 1.165) is 5.56 Å². The summed E-state index contributed by atoms with van der Waals surface area (Å²) in [5.74, 6) is -0.329. The predicted molar refractivity (Wildman–Crippen MR) is 103 cm³/mol. The minimum atomic E-state index is -0.428. The molecule has 0 saturated carbocycles. The van der Waals surface area contributed by atoms with Crippen molar-refractivity contribution in [3.8, 4) is 0 Å². The normalized spacial score (nSPS) is 10.4. The van der Waals surface area contributed by atoms with Gasteiger partial charge in [-0.05, 0) is 29.8 Å². The molecule has 0 heterocycles. The number of amides is 1. The lowest BCUT2D eigenvalue weighted by Gasteiger charge is -2.10. The first-order chi connectivity index (χ1) is 12.6. The molecule has 2 rings (SSSR count). The molecule has 0 atom stereocenters. The maximum absolute atomic E-state index is 12.4. The van der Waals surface area contributed by atoms with Crippen LogP contribution in [0.3, 0.4) is 0 Å². The van der Waals surface area contributed by atoms with Gasteiger partial charge in [-0.25, -0.2) is 4.79 Å². The molecular weight excluding hydrogens is 374 g/mol. The SMILES string of the molecule is COCCNC(=O)CSc1ccccc1C(=O)OCc1ccc(Cl)cc1. The summed E-state index contributed by atoms with van der Waals surface area (Å²) in [6, 6.07) is 14.2. The molecule has 2 aromatic carbocycles. The highest BCUT2D eigenvalue weighted by atomic mass is 35.5. The van der Waals surface area contributed by atoms with Crippen LogP contribution in [0, 0.1) is 0 Å². The third-order valence-electron chi connectivity index (χ3n) is 3.38. The number of carbonyl (C=O) groups excluding carboxylic acids is 2. The number of esters is 1. The van der Waals surface area contributed by atoms with Gasteiger partial charge in [-0.3, -0.25) is 4.79 Å². The summed E-state index contributed by atoms with van der Waals surface area (Å²) in [5.41, 5.74) is 1.29. The van der Waals surface area contributed by atoms with Crippen molar-refractivity contribution in [3.63, 3.8) is 0 Å². The minimum absolute atomic E-state index is 0.114. The Morgan fingerprint density at radius 3 is 2.58 bits per heavy atom. The molecule has 0 aliphatic heterocycles. The fourth-order valence-corrected chi connectivity index (χ4v) is 3.05. The lowest BCUT2D eigenvalue weighted by Crippen LogP contribution is -2.28. The quantitative estimate of drug-likeness (QED) is 0.401. The van der Waals surface area contributed by atoms with Crippen LogP contribution in [0.1, 0.15) is 15.9 Å². The number of thioether (sulfide) groups is 1. The van der Waals surface area contributed by atoms with Crippen molar-refractivity contribution in [2.45, 2.75) is 11.5 Å². The van der Waals surface area contributed by atoms with Crippen LogP contribution in [0.25, 0.3) is 0 Å². The lowest BCUT2D eigenvalue weighted by atomic mass is 10.2. The predicted octanol–water partition coefficient (Wildman–Crippen LogP) is 3.55. The van der Waals surface area contributed by atoms with Crippen LogP contribution in [0.5, 0.6) is 0 Å². The number of nitrogens with one attached hydrogen (secondary N) is 1. The highest BCUT2D eigenvalue weighted by Gasteiger charge is 2.14. The van der Waals surface area contributed by atoms with Crippen LogP contribution in [-0.2, 0) is 20.9 Å². The smallest absolute Gasteiger partial charge is 0.339 e. The molecule has 0 spiro atoms. The Morgan fingerprint density at radius 2 is 1.85 bits per heavy atom. The minimum Gasteiger partial charge on any atom is -0.457 e. The van der Waals surface area contributed by atoms with E-state index in [-0.39, 0.29) is 18.3 Å². The summed E-state index contributed by atoms with van der Waals surface area (Å²) in [6.45, 7) is 1.08. The Bertz CT molecular complexity index is 737. The third kappa shape index (κ3) is 6.71. The molecule has 26 heavy (non-hydrogen) atoms. The van der Waals surface area contributed by atoms with Crippen LogP contribution >= 0.6 is 23.4 Å². The van der Waals surface area contributed by atoms with Gasteiger partial charge in [0.1, 0.15) is 6.61 Å². The Hall–Kier alpha value is -2.02. The third-order valence-corrected chi connectivity index (χ3v) is 4.70. The number of carbonyl (C=O) groups is 2. The van der Waals surface area contributed by atoms with Crippen LogP contribution in [0.2, 0.25) is 5.02 Å². The number of ether oxygens (including phenoxy) is 2. The molecule has 0 bridgehead atoms. The highest BCUT2D eigenvalue weighted by molar-refractivity contribution is 8.00. The summed E-state index contributed by atoms with van der Waals surface area (Å²) in [5, 5.41) is 3.37. The largest absolute Gasteiger partial charge is 0.457 e. The van der Waals surface area contributed by atoms with Gasteiger partial charge in [0.2, 0.25) is 5.91 Å². The molecule has 1 amide bonds. The summed E-state index contributed by atoms with van der Waals surface area (Å²) in [7, 11) is 1.58. The van der Waals surface area contributed by atoms with E-state index >= 15 is 0 Å². The summed E-state index contributed by atoms with van der Waals surface area (Å²) in [4.78, 5) is 24.9. The second kappa shape index (κ2) is 10.9. The zero-order valence-corrected chi connectivity index (χ0v) is 15.9. The van der Waals surface area contributed by atoms with Gasteiger partial charge in [0.05, 0.1) is 17.9 Å². The van der Waals surface area contributed by atoms with E-state index in [4.69, 9.17) is 21.1 Å². The topological polar surface area (TPSA) is 64.6 Å². The lowest BCUT2D eigenvalue weighted by molar-refractivity contribution is -0.118. The van der Waals surface area contributed by atoms with Gasteiger partial charge < -0.3 is 14.8 Å². The molecule has 138 valence electrons. The number of rotatable bonds is 9. The molecule has 7 heteroatoms. The maximum atomic E-state index is 12.4. The van der Waals surface area contributed by atoms with Gasteiger partial charge in [-0.15, -0.1) is 11.8 Å². The molecule has 0 radical (unpaired) electrons. The Labute approximate surface area is 162 Å². The Kier molecular flexibility index (Phi) is 8.47.